The molecule has 0 fully saturated rings. The Hall–Kier alpha value is -9.78. The van der Waals surface area contributed by atoms with Crippen LogP contribution < -0.4 is 0 Å². The number of nitrogens with zero attached hydrogens (tertiary/aromatic N) is 6. The van der Waals surface area contributed by atoms with E-state index in [-0.39, 0.29) is 0 Å². The molecular weight excluding hydrogens is 877 g/mol. The first-order valence-electron chi connectivity index (χ1n) is 24.1. The number of hydrogen-bond acceptors (Lipinski definition) is 6. The Morgan fingerprint density at radius 1 is 0.167 bits per heavy atom. The largest absolute Gasteiger partial charge is 0.256 e. The van der Waals surface area contributed by atoms with Crippen LogP contribution >= 0.6 is 0 Å². The van der Waals surface area contributed by atoms with Gasteiger partial charge in [-0.1, -0.05) is 158 Å². The average Bonchev–Trinajstić information content (AvgIpc) is 3.47. The molecule has 0 radical (unpaired) electrons. The third-order valence-electron chi connectivity index (χ3n) is 13.6. The van der Waals surface area contributed by atoms with Crippen LogP contribution in [0.4, 0.5) is 0 Å². The molecule has 6 aromatic heterocycles. The summed E-state index contributed by atoms with van der Waals surface area (Å²) in [5, 5.41) is 0. The maximum Gasteiger partial charge on any atom is 0.0794 e. The van der Waals surface area contributed by atoms with Crippen molar-refractivity contribution in [3.05, 3.63) is 256 Å². The van der Waals surface area contributed by atoms with Crippen molar-refractivity contribution in [1.82, 2.24) is 29.9 Å². The number of pyridine rings is 6. The standard InChI is InChI=1S/C66H42N6/c1-5-23-43(24-6-1)53-55(45-27-9-3-10-28-45)61(51-35-15-19-39-69-51)63-57(59(53)49-33-13-17-37-67-49)47-31-21-41-71-65(47)64-58(48-32-22-42-72-66(48)63)60(50-34-14-18-38-68-50)54(44-25-7-2-8-26-44)56(46-29-11-4-12-30-46)62(64)52-36-16-20-40-70-52/h1-42H. The average molecular weight is 919 g/mol. The van der Waals surface area contributed by atoms with Gasteiger partial charge >= 0.3 is 0 Å². The molecule has 0 spiro atoms. The molecule has 6 heterocycles. The lowest BCUT2D eigenvalue weighted by molar-refractivity contribution is 1.26. The minimum absolute atomic E-state index is 0.786. The van der Waals surface area contributed by atoms with E-state index in [0.717, 1.165) is 134 Å². The molecule has 0 aliphatic heterocycles. The Morgan fingerprint density at radius 3 is 0.681 bits per heavy atom. The van der Waals surface area contributed by atoms with E-state index in [1.54, 1.807) is 0 Å². The van der Waals surface area contributed by atoms with Crippen molar-refractivity contribution in [1.29, 1.82) is 0 Å². The van der Waals surface area contributed by atoms with E-state index in [2.05, 4.69) is 194 Å². The second-order valence-corrected chi connectivity index (χ2v) is 17.6. The van der Waals surface area contributed by atoms with Gasteiger partial charge in [0.15, 0.2) is 0 Å². The summed E-state index contributed by atoms with van der Waals surface area (Å²) in [6.07, 6.45) is 11.4. The van der Waals surface area contributed by atoms with Crippen LogP contribution in [-0.2, 0) is 0 Å². The first kappa shape index (κ1) is 42.3. The molecule has 0 N–H and O–H groups in total. The summed E-state index contributed by atoms with van der Waals surface area (Å²) in [6, 6.07) is 76.0. The minimum Gasteiger partial charge on any atom is -0.256 e. The molecule has 1 aliphatic rings. The molecule has 6 nitrogen and oxygen atoms in total. The van der Waals surface area contributed by atoms with Crippen LogP contribution in [0.5, 0.6) is 0 Å². The Morgan fingerprint density at radius 2 is 0.417 bits per heavy atom. The van der Waals surface area contributed by atoms with Gasteiger partial charge in [-0.2, -0.15) is 0 Å². The first-order valence-corrected chi connectivity index (χ1v) is 24.1. The first-order chi connectivity index (χ1) is 35.8. The summed E-state index contributed by atoms with van der Waals surface area (Å²) in [6.45, 7) is 0. The van der Waals surface area contributed by atoms with Gasteiger partial charge in [0.2, 0.25) is 0 Å². The molecule has 1 aliphatic carbocycles. The lowest BCUT2D eigenvalue weighted by Gasteiger charge is -2.33. The van der Waals surface area contributed by atoms with Gasteiger partial charge in [0, 0.05) is 115 Å². The highest BCUT2D eigenvalue weighted by atomic mass is 14.7. The number of benzene rings is 6. The van der Waals surface area contributed by atoms with Crippen molar-refractivity contribution in [3.63, 3.8) is 0 Å². The van der Waals surface area contributed by atoms with Gasteiger partial charge in [-0.05, 0) is 82.9 Å². The summed E-state index contributed by atoms with van der Waals surface area (Å²) in [5.74, 6) is 0. The topological polar surface area (TPSA) is 77.3 Å². The third kappa shape index (κ3) is 7.12. The van der Waals surface area contributed by atoms with Crippen LogP contribution in [0, 0.1) is 0 Å². The van der Waals surface area contributed by atoms with E-state index in [4.69, 9.17) is 29.9 Å². The van der Waals surface area contributed by atoms with Crippen molar-refractivity contribution in [3.8, 4) is 134 Å². The van der Waals surface area contributed by atoms with Crippen LogP contribution in [0.2, 0.25) is 0 Å². The predicted octanol–water partition coefficient (Wildman–Crippen LogP) is 16.4. The smallest absolute Gasteiger partial charge is 0.0794 e. The maximum absolute atomic E-state index is 5.61. The van der Waals surface area contributed by atoms with Gasteiger partial charge in [0.1, 0.15) is 0 Å². The molecule has 72 heavy (non-hydrogen) atoms. The lowest BCUT2D eigenvalue weighted by atomic mass is 9.70. The van der Waals surface area contributed by atoms with Gasteiger partial charge in [-0.3, -0.25) is 29.9 Å². The van der Waals surface area contributed by atoms with Crippen molar-refractivity contribution < 1.29 is 0 Å². The van der Waals surface area contributed by atoms with Crippen LogP contribution in [0.15, 0.2) is 256 Å². The second-order valence-electron chi connectivity index (χ2n) is 17.6. The summed E-state index contributed by atoms with van der Waals surface area (Å²) in [4.78, 5) is 32.2. The van der Waals surface area contributed by atoms with Crippen molar-refractivity contribution in [2.45, 2.75) is 0 Å². The van der Waals surface area contributed by atoms with E-state index in [1.165, 1.54) is 0 Å². The number of aromatic nitrogens is 6. The van der Waals surface area contributed by atoms with Crippen LogP contribution in [0.3, 0.4) is 0 Å². The summed E-state index contributed by atoms with van der Waals surface area (Å²) >= 11 is 0. The molecule has 0 saturated carbocycles. The highest BCUT2D eigenvalue weighted by Gasteiger charge is 2.38. The molecule has 0 atom stereocenters. The van der Waals surface area contributed by atoms with E-state index in [0.29, 0.717) is 0 Å². The second kappa shape index (κ2) is 18.3. The van der Waals surface area contributed by atoms with E-state index in [1.807, 2.05) is 61.4 Å². The molecule has 6 aromatic carbocycles. The SMILES string of the molecule is c1ccc(-c2c(-c3ccccc3)c(-c3ccccn3)c3c(c2-c2ccccn2)-c2cccnc2-c2c(-c4ccccn4)c(-c4ccccc4)c(-c4ccccc4)c(-c4ccccn4)c2-c2cccnc2-3)cc1. The highest BCUT2D eigenvalue weighted by Crippen LogP contribution is 2.62. The summed E-state index contributed by atoms with van der Waals surface area (Å²) in [5.41, 5.74) is 22.4. The Kier molecular flexibility index (Phi) is 10.7. The van der Waals surface area contributed by atoms with Crippen LogP contribution in [-0.4, -0.2) is 29.9 Å². The van der Waals surface area contributed by atoms with E-state index >= 15 is 0 Å². The molecular formula is C66H42N6. The maximum atomic E-state index is 5.61. The number of rotatable bonds is 8. The summed E-state index contributed by atoms with van der Waals surface area (Å²) in [7, 11) is 0. The molecule has 336 valence electrons. The van der Waals surface area contributed by atoms with E-state index < -0.39 is 0 Å². The third-order valence-corrected chi connectivity index (χ3v) is 13.6. The molecule has 0 saturated heterocycles. The summed E-state index contributed by atoms with van der Waals surface area (Å²) < 4.78 is 0. The molecule has 0 bridgehead atoms. The molecule has 6 heteroatoms. The Bertz CT molecular complexity index is 3390. The van der Waals surface area contributed by atoms with Crippen molar-refractivity contribution >= 4 is 0 Å². The van der Waals surface area contributed by atoms with Gasteiger partial charge in [-0.25, -0.2) is 0 Å². The van der Waals surface area contributed by atoms with Crippen molar-refractivity contribution in [2.75, 3.05) is 0 Å². The number of hydrogen-bond donors (Lipinski definition) is 0. The zero-order valence-electron chi connectivity index (χ0n) is 38.9. The fourth-order valence-corrected chi connectivity index (χ4v) is 10.8. The monoisotopic (exact) mass is 918 g/mol. The molecule has 0 unspecified atom stereocenters. The lowest BCUT2D eigenvalue weighted by Crippen LogP contribution is -2.10. The Labute approximate surface area is 417 Å². The normalized spacial score (nSPS) is 11.3. The Balaban J connectivity index is 1.36. The van der Waals surface area contributed by atoms with Gasteiger partial charge < -0.3 is 0 Å². The predicted molar refractivity (Wildman–Crippen MR) is 292 cm³/mol. The van der Waals surface area contributed by atoms with E-state index in [9.17, 15) is 0 Å². The zero-order chi connectivity index (χ0) is 47.8. The van der Waals surface area contributed by atoms with Gasteiger partial charge in [-0.15, -0.1) is 0 Å². The molecule has 12 aromatic rings. The number of fused-ring (bicyclic) bond motifs is 8. The zero-order valence-corrected chi connectivity index (χ0v) is 38.9. The molecule has 0 amide bonds. The fourth-order valence-electron chi connectivity index (χ4n) is 10.8. The highest BCUT2D eigenvalue weighted by molar-refractivity contribution is 6.22. The van der Waals surface area contributed by atoms with Gasteiger partial charge in [0.25, 0.3) is 0 Å². The van der Waals surface area contributed by atoms with Crippen LogP contribution in [0.25, 0.3) is 134 Å². The van der Waals surface area contributed by atoms with Crippen LogP contribution in [0.1, 0.15) is 0 Å². The van der Waals surface area contributed by atoms with Crippen molar-refractivity contribution in [2.24, 2.45) is 0 Å². The quantitative estimate of drug-likeness (QED) is 0.151. The minimum atomic E-state index is 0.786. The van der Waals surface area contributed by atoms with Gasteiger partial charge in [0.05, 0.1) is 34.2 Å². The molecule has 13 rings (SSSR count). The fraction of sp³-hybridized carbons (Fsp3) is 0.